The zero-order valence-electron chi connectivity index (χ0n) is 10.9. The second kappa shape index (κ2) is 5.55. The molecule has 0 aliphatic rings. The molecule has 1 atom stereocenters. The number of hydrogen-bond donors (Lipinski definition) is 1. The Balaban J connectivity index is 2.28. The van der Waals surface area contributed by atoms with Crippen LogP contribution in [0.2, 0.25) is 5.02 Å². The van der Waals surface area contributed by atoms with E-state index in [9.17, 15) is 0 Å². The number of hydrogen-bond acceptors (Lipinski definition) is 3. The van der Waals surface area contributed by atoms with Crippen LogP contribution in [0.25, 0.3) is 10.9 Å². The molecule has 0 bridgehead atoms. The minimum Gasteiger partial charge on any atom is -0.381 e. The number of nitrogens with zero attached hydrogens (tertiary/aromatic N) is 2. The maximum Gasteiger partial charge on any atom is 0.0737 e. The zero-order valence-corrected chi connectivity index (χ0v) is 11.7. The molecule has 96 valence electrons. The van der Waals surface area contributed by atoms with Gasteiger partial charge in [0.1, 0.15) is 0 Å². The lowest BCUT2D eigenvalue weighted by molar-refractivity contribution is 0.392. The van der Waals surface area contributed by atoms with Crippen LogP contribution < -0.4 is 5.32 Å². The molecule has 18 heavy (non-hydrogen) atoms. The third kappa shape index (κ3) is 3.12. The molecule has 0 aliphatic carbocycles. The molecule has 0 amide bonds. The van der Waals surface area contributed by atoms with Gasteiger partial charge in [-0.1, -0.05) is 11.6 Å². The fraction of sp³-hybridized carbons (Fsp3) is 0.357. The number of fused-ring (bicyclic) bond motifs is 1. The molecule has 3 nitrogen and oxygen atoms in total. The first-order valence-electron chi connectivity index (χ1n) is 6.02. The van der Waals surface area contributed by atoms with Crippen molar-refractivity contribution in [3.63, 3.8) is 0 Å². The van der Waals surface area contributed by atoms with E-state index < -0.39 is 0 Å². The highest BCUT2D eigenvalue weighted by Gasteiger charge is 2.07. The normalized spacial score (nSPS) is 12.9. The van der Waals surface area contributed by atoms with Crippen LogP contribution in [-0.4, -0.2) is 36.6 Å². The van der Waals surface area contributed by atoms with Crippen molar-refractivity contribution in [3.8, 4) is 0 Å². The summed E-state index contributed by atoms with van der Waals surface area (Å²) in [6, 6.07) is 8.17. The van der Waals surface area contributed by atoms with E-state index >= 15 is 0 Å². The smallest absolute Gasteiger partial charge is 0.0737 e. The summed E-state index contributed by atoms with van der Waals surface area (Å²) in [5, 5.41) is 5.33. The van der Waals surface area contributed by atoms with Gasteiger partial charge >= 0.3 is 0 Å². The van der Waals surface area contributed by atoms with Gasteiger partial charge in [-0.25, -0.2) is 0 Å². The molecule has 0 spiro atoms. The van der Waals surface area contributed by atoms with E-state index in [1.165, 1.54) is 0 Å². The van der Waals surface area contributed by atoms with Gasteiger partial charge in [-0.15, -0.1) is 0 Å². The molecule has 0 aliphatic heterocycles. The zero-order chi connectivity index (χ0) is 13.1. The highest BCUT2D eigenvalue weighted by Crippen LogP contribution is 2.24. The maximum atomic E-state index is 5.98. The van der Waals surface area contributed by atoms with Crippen LogP contribution in [-0.2, 0) is 0 Å². The number of rotatable bonds is 4. The summed E-state index contributed by atoms with van der Waals surface area (Å²) in [6.07, 6.45) is 1.81. The standard InChI is InChI=1S/C14H18ClN3/c1-10(9-18(2)3)17-13-6-7-16-14-8-11(15)4-5-12(13)14/h4-8,10H,9H2,1-3H3,(H,16,17)/t10-/m0/s1. The Morgan fingerprint density at radius 2 is 2.11 bits per heavy atom. The van der Waals surface area contributed by atoms with Gasteiger partial charge in [0.05, 0.1) is 5.52 Å². The second-order valence-electron chi connectivity index (χ2n) is 4.83. The number of anilines is 1. The predicted octanol–water partition coefficient (Wildman–Crippen LogP) is 3.25. The Kier molecular flexibility index (Phi) is 4.04. The molecular formula is C14H18ClN3. The third-order valence-corrected chi connectivity index (χ3v) is 2.98. The molecular weight excluding hydrogens is 246 g/mol. The lowest BCUT2D eigenvalue weighted by Crippen LogP contribution is -2.29. The van der Waals surface area contributed by atoms with Crippen molar-refractivity contribution in [3.05, 3.63) is 35.5 Å². The Morgan fingerprint density at radius 3 is 2.83 bits per heavy atom. The minimum absolute atomic E-state index is 0.376. The van der Waals surface area contributed by atoms with Crippen molar-refractivity contribution in [2.75, 3.05) is 26.0 Å². The third-order valence-electron chi connectivity index (χ3n) is 2.75. The highest BCUT2D eigenvalue weighted by molar-refractivity contribution is 6.31. The van der Waals surface area contributed by atoms with Gasteiger partial charge in [-0.3, -0.25) is 4.98 Å². The molecule has 0 unspecified atom stereocenters. The Morgan fingerprint density at radius 1 is 1.33 bits per heavy atom. The fourth-order valence-corrected chi connectivity index (χ4v) is 2.27. The summed E-state index contributed by atoms with van der Waals surface area (Å²) < 4.78 is 0. The van der Waals surface area contributed by atoms with Crippen molar-refractivity contribution in [2.24, 2.45) is 0 Å². The molecule has 0 radical (unpaired) electrons. The molecule has 4 heteroatoms. The molecule has 1 heterocycles. The molecule has 1 N–H and O–H groups in total. The lowest BCUT2D eigenvalue weighted by Gasteiger charge is -2.20. The van der Waals surface area contributed by atoms with Gasteiger partial charge in [0.25, 0.3) is 0 Å². The van der Waals surface area contributed by atoms with Crippen molar-refractivity contribution in [2.45, 2.75) is 13.0 Å². The van der Waals surface area contributed by atoms with E-state index in [0.717, 1.165) is 23.1 Å². The van der Waals surface area contributed by atoms with Crippen molar-refractivity contribution in [1.82, 2.24) is 9.88 Å². The molecule has 0 fully saturated rings. The summed E-state index contributed by atoms with van der Waals surface area (Å²) in [4.78, 5) is 6.50. The van der Waals surface area contributed by atoms with Crippen LogP contribution >= 0.6 is 11.6 Å². The first kappa shape index (κ1) is 13.1. The van der Waals surface area contributed by atoms with Crippen LogP contribution in [0.4, 0.5) is 5.69 Å². The van der Waals surface area contributed by atoms with Crippen LogP contribution in [0.3, 0.4) is 0 Å². The van der Waals surface area contributed by atoms with Crippen LogP contribution in [0.1, 0.15) is 6.92 Å². The number of nitrogens with one attached hydrogen (secondary N) is 1. The number of pyridine rings is 1. The quantitative estimate of drug-likeness (QED) is 0.918. The summed E-state index contributed by atoms with van der Waals surface area (Å²) in [5.41, 5.74) is 2.02. The summed E-state index contributed by atoms with van der Waals surface area (Å²) in [5.74, 6) is 0. The average Bonchev–Trinajstić information content (AvgIpc) is 2.27. The number of halogens is 1. The van der Waals surface area contributed by atoms with Crippen molar-refractivity contribution in [1.29, 1.82) is 0 Å². The fourth-order valence-electron chi connectivity index (χ4n) is 2.11. The number of aromatic nitrogens is 1. The van der Waals surface area contributed by atoms with E-state index in [1.54, 1.807) is 0 Å². The monoisotopic (exact) mass is 263 g/mol. The Labute approximate surface area is 113 Å². The molecule has 0 saturated carbocycles. The Hall–Kier alpha value is -1.32. The first-order valence-corrected chi connectivity index (χ1v) is 6.39. The van der Waals surface area contributed by atoms with Crippen molar-refractivity contribution >= 4 is 28.2 Å². The second-order valence-corrected chi connectivity index (χ2v) is 5.26. The van der Waals surface area contributed by atoms with E-state index in [4.69, 9.17) is 11.6 Å². The van der Waals surface area contributed by atoms with Crippen LogP contribution in [0.15, 0.2) is 30.5 Å². The summed E-state index contributed by atoms with van der Waals surface area (Å²) in [7, 11) is 4.14. The van der Waals surface area contributed by atoms with E-state index in [-0.39, 0.29) is 0 Å². The van der Waals surface area contributed by atoms with Crippen LogP contribution in [0, 0.1) is 0 Å². The van der Waals surface area contributed by atoms with Gasteiger partial charge in [0.2, 0.25) is 0 Å². The molecule has 2 rings (SSSR count). The summed E-state index contributed by atoms with van der Waals surface area (Å²) >= 11 is 5.98. The van der Waals surface area contributed by atoms with E-state index in [0.29, 0.717) is 11.1 Å². The van der Waals surface area contributed by atoms with Gasteiger partial charge in [-0.2, -0.15) is 0 Å². The van der Waals surface area contributed by atoms with Crippen LogP contribution in [0.5, 0.6) is 0 Å². The SMILES string of the molecule is C[C@@H](CN(C)C)Nc1ccnc2cc(Cl)ccc12. The van der Waals surface area contributed by atoms with Gasteiger partial charge in [-0.05, 0) is 45.3 Å². The first-order chi connectivity index (χ1) is 8.56. The highest BCUT2D eigenvalue weighted by atomic mass is 35.5. The lowest BCUT2D eigenvalue weighted by atomic mass is 10.1. The van der Waals surface area contributed by atoms with Gasteiger partial charge < -0.3 is 10.2 Å². The summed E-state index contributed by atoms with van der Waals surface area (Å²) in [6.45, 7) is 3.15. The Bertz CT molecular complexity index is 540. The topological polar surface area (TPSA) is 28.2 Å². The molecule has 1 aromatic heterocycles. The molecule has 1 aromatic carbocycles. The van der Waals surface area contributed by atoms with E-state index in [2.05, 4.69) is 36.2 Å². The molecule has 2 aromatic rings. The van der Waals surface area contributed by atoms with Crippen molar-refractivity contribution < 1.29 is 0 Å². The average molecular weight is 264 g/mol. The number of likely N-dealkylation sites (N-methyl/N-ethyl adjacent to an activating group) is 1. The van der Waals surface area contributed by atoms with E-state index in [1.807, 2.05) is 30.5 Å². The maximum absolute atomic E-state index is 5.98. The molecule has 0 saturated heterocycles. The minimum atomic E-state index is 0.376. The van der Waals surface area contributed by atoms with Gasteiger partial charge in [0.15, 0.2) is 0 Å². The number of benzene rings is 1. The van der Waals surface area contributed by atoms with Gasteiger partial charge in [0, 0.05) is 34.9 Å². The predicted molar refractivity (Wildman–Crippen MR) is 78.4 cm³/mol. The largest absolute Gasteiger partial charge is 0.381 e.